The highest BCUT2D eigenvalue weighted by Gasteiger charge is 2.25. The Morgan fingerprint density at radius 2 is 2.41 bits per heavy atom. The first kappa shape index (κ1) is 12.7. The monoisotopic (exact) mass is 301 g/mol. The Hall–Kier alpha value is -0.720. The van der Waals surface area contributed by atoms with Gasteiger partial charge in [0.15, 0.2) is 0 Å². The van der Waals surface area contributed by atoms with E-state index in [0.29, 0.717) is 22.9 Å². The normalized spacial score (nSPS) is 22.0. The Morgan fingerprint density at radius 3 is 3.06 bits per heavy atom. The number of ether oxygens (including phenoxy) is 1. The molecule has 1 N–H and O–H groups in total. The van der Waals surface area contributed by atoms with Gasteiger partial charge in [-0.25, -0.2) is 4.98 Å². The van der Waals surface area contributed by atoms with Crippen molar-refractivity contribution in [3.05, 3.63) is 26.8 Å². The minimum absolute atomic E-state index is 0.146. The zero-order valence-electron chi connectivity index (χ0n) is 9.94. The summed E-state index contributed by atoms with van der Waals surface area (Å²) in [5.74, 6) is 0.601. The molecule has 0 spiro atoms. The van der Waals surface area contributed by atoms with Crippen molar-refractivity contribution in [1.29, 1.82) is 0 Å². The SMILES string of the molecule is CC(C)N1CCOC(c2ncc(Br)c(=O)[nH]2)C1. The van der Waals surface area contributed by atoms with Crippen molar-refractivity contribution in [2.24, 2.45) is 0 Å². The lowest BCUT2D eigenvalue weighted by Crippen LogP contribution is -2.43. The number of morpholine rings is 1. The molecule has 1 unspecified atom stereocenters. The Balaban J connectivity index is 2.16. The third-order valence-electron chi connectivity index (χ3n) is 2.91. The maximum atomic E-state index is 11.5. The Kier molecular flexibility index (Phi) is 3.96. The second-order valence-corrected chi connectivity index (χ2v) is 5.25. The molecule has 94 valence electrons. The smallest absolute Gasteiger partial charge is 0.265 e. The van der Waals surface area contributed by atoms with Crippen LogP contribution in [0.2, 0.25) is 0 Å². The largest absolute Gasteiger partial charge is 0.368 e. The van der Waals surface area contributed by atoms with E-state index in [0.717, 1.165) is 13.1 Å². The molecule has 6 heteroatoms. The number of nitrogens with one attached hydrogen (secondary N) is 1. The lowest BCUT2D eigenvalue weighted by molar-refractivity contribution is -0.0444. The number of halogens is 1. The molecule has 2 heterocycles. The van der Waals surface area contributed by atoms with Gasteiger partial charge in [-0.05, 0) is 29.8 Å². The number of aromatic nitrogens is 2. The molecule has 1 atom stereocenters. The van der Waals surface area contributed by atoms with E-state index in [1.54, 1.807) is 0 Å². The fourth-order valence-electron chi connectivity index (χ4n) is 1.86. The third kappa shape index (κ3) is 2.94. The van der Waals surface area contributed by atoms with Gasteiger partial charge in [0.1, 0.15) is 16.4 Å². The lowest BCUT2D eigenvalue weighted by atomic mass is 10.2. The zero-order chi connectivity index (χ0) is 12.4. The first-order valence-electron chi connectivity index (χ1n) is 5.68. The van der Waals surface area contributed by atoms with E-state index in [2.05, 4.69) is 44.6 Å². The second-order valence-electron chi connectivity index (χ2n) is 4.39. The van der Waals surface area contributed by atoms with Crippen LogP contribution in [0.25, 0.3) is 0 Å². The fraction of sp³-hybridized carbons (Fsp3) is 0.636. The predicted octanol–water partition coefficient (Wildman–Crippen LogP) is 1.31. The van der Waals surface area contributed by atoms with Crippen LogP contribution in [0.5, 0.6) is 0 Å². The highest BCUT2D eigenvalue weighted by Crippen LogP contribution is 2.19. The molecule has 1 aliphatic rings. The molecule has 1 fully saturated rings. The number of nitrogens with zero attached hydrogens (tertiary/aromatic N) is 2. The van der Waals surface area contributed by atoms with Crippen LogP contribution in [0.15, 0.2) is 15.5 Å². The molecule has 0 bridgehead atoms. The maximum absolute atomic E-state index is 11.5. The molecule has 1 saturated heterocycles. The standard InChI is InChI=1S/C11H16BrN3O2/c1-7(2)15-3-4-17-9(6-15)10-13-5-8(12)11(16)14-10/h5,7,9H,3-4,6H2,1-2H3,(H,13,14,16). The van der Waals surface area contributed by atoms with E-state index >= 15 is 0 Å². The Labute approximate surface area is 108 Å². The van der Waals surface area contributed by atoms with Crippen molar-refractivity contribution in [1.82, 2.24) is 14.9 Å². The summed E-state index contributed by atoms with van der Waals surface area (Å²) >= 11 is 3.13. The second kappa shape index (κ2) is 5.29. The minimum atomic E-state index is -0.166. The summed E-state index contributed by atoms with van der Waals surface area (Å²) in [4.78, 5) is 20.7. The van der Waals surface area contributed by atoms with Crippen LogP contribution in [0.3, 0.4) is 0 Å². The molecule has 17 heavy (non-hydrogen) atoms. The molecule has 0 amide bonds. The summed E-state index contributed by atoms with van der Waals surface area (Å²) in [5.41, 5.74) is -0.166. The van der Waals surface area contributed by atoms with Crippen LogP contribution in [0.1, 0.15) is 25.8 Å². The van der Waals surface area contributed by atoms with Crippen molar-refractivity contribution in [3.63, 3.8) is 0 Å². The van der Waals surface area contributed by atoms with E-state index < -0.39 is 0 Å². The number of H-pyrrole nitrogens is 1. The van der Waals surface area contributed by atoms with Crippen LogP contribution in [0, 0.1) is 0 Å². The minimum Gasteiger partial charge on any atom is -0.368 e. The van der Waals surface area contributed by atoms with E-state index in [1.165, 1.54) is 6.20 Å². The molecule has 1 aliphatic heterocycles. The van der Waals surface area contributed by atoms with Gasteiger partial charge in [0.25, 0.3) is 5.56 Å². The van der Waals surface area contributed by atoms with Crippen molar-refractivity contribution in [2.75, 3.05) is 19.7 Å². The van der Waals surface area contributed by atoms with Gasteiger partial charge in [0.05, 0.1) is 6.61 Å². The van der Waals surface area contributed by atoms with Gasteiger partial charge < -0.3 is 9.72 Å². The van der Waals surface area contributed by atoms with Crippen molar-refractivity contribution in [2.45, 2.75) is 26.0 Å². The van der Waals surface area contributed by atoms with Crippen molar-refractivity contribution in [3.8, 4) is 0 Å². The summed E-state index contributed by atoms with van der Waals surface area (Å²) in [5, 5.41) is 0. The molecule has 0 saturated carbocycles. The van der Waals surface area contributed by atoms with E-state index in [9.17, 15) is 4.79 Å². The number of aromatic amines is 1. The molecule has 0 aliphatic carbocycles. The van der Waals surface area contributed by atoms with E-state index in [4.69, 9.17) is 4.74 Å². The quantitative estimate of drug-likeness (QED) is 0.895. The van der Waals surface area contributed by atoms with Gasteiger partial charge in [0.2, 0.25) is 0 Å². The average Bonchev–Trinajstić information content (AvgIpc) is 2.33. The molecular weight excluding hydrogens is 286 g/mol. The molecule has 1 aromatic heterocycles. The molecule has 0 aromatic carbocycles. The fourth-order valence-corrected chi connectivity index (χ4v) is 2.06. The lowest BCUT2D eigenvalue weighted by Gasteiger charge is -2.34. The van der Waals surface area contributed by atoms with Crippen LogP contribution < -0.4 is 5.56 Å². The number of hydrogen-bond donors (Lipinski definition) is 1. The maximum Gasteiger partial charge on any atom is 0.265 e. The third-order valence-corrected chi connectivity index (χ3v) is 3.47. The van der Waals surface area contributed by atoms with Gasteiger partial charge in [-0.3, -0.25) is 9.69 Å². The van der Waals surface area contributed by atoms with E-state index in [-0.39, 0.29) is 11.7 Å². The van der Waals surface area contributed by atoms with Crippen LogP contribution in [-0.2, 0) is 4.74 Å². The highest BCUT2D eigenvalue weighted by atomic mass is 79.9. The summed E-state index contributed by atoms with van der Waals surface area (Å²) in [6, 6.07) is 0.476. The van der Waals surface area contributed by atoms with Gasteiger partial charge in [-0.1, -0.05) is 0 Å². The summed E-state index contributed by atoms with van der Waals surface area (Å²) < 4.78 is 6.09. The number of hydrogen-bond acceptors (Lipinski definition) is 4. The molecule has 0 radical (unpaired) electrons. The van der Waals surface area contributed by atoms with Crippen LogP contribution in [0.4, 0.5) is 0 Å². The first-order valence-corrected chi connectivity index (χ1v) is 6.47. The Bertz CT molecular complexity index is 447. The molecule has 5 nitrogen and oxygen atoms in total. The van der Waals surface area contributed by atoms with Gasteiger partial charge in [-0.15, -0.1) is 0 Å². The van der Waals surface area contributed by atoms with Crippen LogP contribution >= 0.6 is 15.9 Å². The Morgan fingerprint density at radius 1 is 1.65 bits per heavy atom. The van der Waals surface area contributed by atoms with E-state index in [1.807, 2.05) is 0 Å². The summed E-state index contributed by atoms with van der Waals surface area (Å²) in [6.45, 7) is 6.67. The van der Waals surface area contributed by atoms with Crippen LogP contribution in [-0.4, -0.2) is 40.6 Å². The molecule has 1 aromatic rings. The predicted molar refractivity (Wildman–Crippen MR) is 68.0 cm³/mol. The average molecular weight is 302 g/mol. The van der Waals surface area contributed by atoms with Gasteiger partial charge in [0, 0.05) is 25.3 Å². The summed E-state index contributed by atoms with van der Waals surface area (Å²) in [7, 11) is 0. The van der Waals surface area contributed by atoms with Gasteiger partial charge in [-0.2, -0.15) is 0 Å². The van der Waals surface area contributed by atoms with Crippen molar-refractivity contribution >= 4 is 15.9 Å². The first-order chi connectivity index (χ1) is 8.08. The summed E-state index contributed by atoms with van der Waals surface area (Å²) in [6.07, 6.45) is 1.37. The highest BCUT2D eigenvalue weighted by molar-refractivity contribution is 9.10. The van der Waals surface area contributed by atoms with Gasteiger partial charge >= 0.3 is 0 Å². The van der Waals surface area contributed by atoms with Crippen molar-refractivity contribution < 1.29 is 4.74 Å². The zero-order valence-corrected chi connectivity index (χ0v) is 11.5. The molecule has 2 rings (SSSR count). The molecular formula is C11H16BrN3O2. The topological polar surface area (TPSA) is 58.2 Å². The number of rotatable bonds is 2.